The molecule has 4 N–H and O–H groups in total. The third-order valence-corrected chi connectivity index (χ3v) is 7.21. The predicted octanol–water partition coefficient (Wildman–Crippen LogP) is 3.60. The highest BCUT2D eigenvalue weighted by atomic mass is 19.1. The normalized spacial score (nSPS) is 25.1. The van der Waals surface area contributed by atoms with Crippen molar-refractivity contribution in [1.82, 2.24) is 21.5 Å². The van der Waals surface area contributed by atoms with Crippen LogP contribution in [0.25, 0.3) is 0 Å². The Morgan fingerprint density at radius 2 is 1.50 bits per heavy atom. The third kappa shape index (κ3) is 5.06. The minimum atomic E-state index is -0.293. The Labute approximate surface area is 210 Å². The monoisotopic (exact) mass is 490 g/mol. The van der Waals surface area contributed by atoms with Crippen LogP contribution in [0.15, 0.2) is 72.8 Å². The first kappa shape index (κ1) is 24.2. The van der Waals surface area contributed by atoms with Crippen LogP contribution in [0.4, 0.5) is 4.39 Å². The molecular formula is C28H31FN4O3. The van der Waals surface area contributed by atoms with E-state index in [2.05, 4.69) is 21.5 Å². The maximum atomic E-state index is 13.6. The molecule has 3 aromatic carbocycles. The highest BCUT2D eigenvalue weighted by molar-refractivity contribution is 5.79. The number of methoxy groups -OCH3 is 2. The summed E-state index contributed by atoms with van der Waals surface area (Å²) in [5.41, 5.74) is 9.83. The Morgan fingerprint density at radius 3 is 2.11 bits per heavy atom. The predicted molar refractivity (Wildman–Crippen MR) is 135 cm³/mol. The molecule has 2 aliphatic heterocycles. The second-order valence-corrected chi connectivity index (χ2v) is 9.27. The molecule has 0 aliphatic carbocycles. The van der Waals surface area contributed by atoms with Crippen molar-refractivity contribution in [2.24, 2.45) is 11.8 Å². The molecule has 0 bridgehead atoms. The van der Waals surface area contributed by atoms with E-state index >= 15 is 0 Å². The Balaban J connectivity index is 1.39. The van der Waals surface area contributed by atoms with Crippen LogP contribution >= 0.6 is 0 Å². The topological polar surface area (TPSA) is 83.7 Å². The molecule has 0 radical (unpaired) electrons. The van der Waals surface area contributed by atoms with Gasteiger partial charge in [0.05, 0.1) is 26.4 Å². The van der Waals surface area contributed by atoms with Crippen LogP contribution in [0, 0.1) is 17.7 Å². The molecule has 7 nitrogen and oxygen atoms in total. The molecule has 3 aromatic rings. The van der Waals surface area contributed by atoms with E-state index in [1.807, 2.05) is 48.5 Å². The zero-order valence-electron chi connectivity index (χ0n) is 20.3. The van der Waals surface area contributed by atoms with Crippen molar-refractivity contribution in [3.63, 3.8) is 0 Å². The zero-order valence-corrected chi connectivity index (χ0v) is 20.3. The first-order chi connectivity index (χ1) is 17.6. The van der Waals surface area contributed by atoms with Crippen molar-refractivity contribution in [3.8, 4) is 11.5 Å². The van der Waals surface area contributed by atoms with E-state index in [0.717, 1.165) is 28.2 Å². The number of carbonyl (C=O) groups excluding carboxylic acids is 1. The number of amides is 1. The molecule has 5 rings (SSSR count). The van der Waals surface area contributed by atoms with Crippen LogP contribution in [0.5, 0.6) is 11.5 Å². The van der Waals surface area contributed by atoms with Crippen LogP contribution in [0.3, 0.4) is 0 Å². The van der Waals surface area contributed by atoms with Crippen molar-refractivity contribution < 1.29 is 18.7 Å². The van der Waals surface area contributed by atoms with Gasteiger partial charge in [-0.2, -0.15) is 0 Å². The average Bonchev–Trinajstić information content (AvgIpc) is 3.36. The van der Waals surface area contributed by atoms with Gasteiger partial charge in [0.25, 0.3) is 0 Å². The molecule has 0 spiro atoms. The van der Waals surface area contributed by atoms with Crippen molar-refractivity contribution in [2.75, 3.05) is 14.2 Å². The molecule has 1 amide bonds. The molecule has 2 saturated heterocycles. The maximum absolute atomic E-state index is 13.6. The lowest BCUT2D eigenvalue weighted by atomic mass is 9.74. The Kier molecular flexibility index (Phi) is 7.18. The first-order valence-electron chi connectivity index (χ1n) is 12.1. The summed E-state index contributed by atoms with van der Waals surface area (Å²) in [6, 6.07) is 22.0. The van der Waals surface area contributed by atoms with Crippen LogP contribution in [-0.2, 0) is 11.3 Å². The molecule has 188 valence electrons. The smallest absolute Gasteiger partial charge is 0.223 e. The average molecular weight is 491 g/mol. The summed E-state index contributed by atoms with van der Waals surface area (Å²) < 4.78 is 23.9. The van der Waals surface area contributed by atoms with Gasteiger partial charge in [-0.15, -0.1) is 0 Å². The van der Waals surface area contributed by atoms with E-state index in [1.54, 1.807) is 26.4 Å². The minimum absolute atomic E-state index is 0.0114. The van der Waals surface area contributed by atoms with Gasteiger partial charge in [0.15, 0.2) is 0 Å². The third-order valence-electron chi connectivity index (χ3n) is 7.21. The number of hydrogen-bond donors (Lipinski definition) is 4. The molecule has 0 saturated carbocycles. The lowest BCUT2D eigenvalue weighted by Crippen LogP contribution is -2.54. The van der Waals surface area contributed by atoms with Gasteiger partial charge < -0.3 is 14.8 Å². The Bertz CT molecular complexity index is 1170. The second-order valence-electron chi connectivity index (χ2n) is 9.27. The molecule has 5 atom stereocenters. The summed E-state index contributed by atoms with van der Waals surface area (Å²) in [5, 5.41) is 6.79. The SMILES string of the molecule is COc1ccc(C2CC(C(=O)NCc3ccc(F)cc3)C3C(NNC3c3ccc(OC)cc3)N2)cc1. The standard InChI is InChI=1S/C28H31FN4O3/c1-35-21-11-5-18(6-12-21)24-15-23(28(34)30-16-17-3-9-20(29)10-4-17)25-26(32-33-27(25)31-24)19-7-13-22(36-2)14-8-19/h3-14,23-27,31-33H,15-16H2,1-2H3,(H,30,34). The van der Waals surface area contributed by atoms with Crippen molar-refractivity contribution in [1.29, 1.82) is 0 Å². The summed E-state index contributed by atoms with van der Waals surface area (Å²) in [5.74, 6) is 0.981. The Hall–Kier alpha value is -3.46. The van der Waals surface area contributed by atoms with Gasteiger partial charge in [0.1, 0.15) is 17.3 Å². The van der Waals surface area contributed by atoms with Crippen molar-refractivity contribution >= 4 is 5.91 Å². The lowest BCUT2D eigenvalue weighted by molar-refractivity contribution is -0.129. The summed E-state index contributed by atoms with van der Waals surface area (Å²) in [6.45, 7) is 0.349. The largest absolute Gasteiger partial charge is 0.497 e. The summed E-state index contributed by atoms with van der Waals surface area (Å²) in [7, 11) is 3.29. The second kappa shape index (κ2) is 10.7. The summed E-state index contributed by atoms with van der Waals surface area (Å²) in [6.07, 6.45) is 0.526. The van der Waals surface area contributed by atoms with E-state index in [4.69, 9.17) is 9.47 Å². The highest BCUT2D eigenvalue weighted by Crippen LogP contribution is 2.42. The van der Waals surface area contributed by atoms with Crippen LogP contribution < -0.4 is 31.0 Å². The van der Waals surface area contributed by atoms with E-state index in [9.17, 15) is 9.18 Å². The fourth-order valence-electron chi connectivity index (χ4n) is 5.27. The molecule has 2 fully saturated rings. The molecule has 0 aromatic heterocycles. The zero-order chi connectivity index (χ0) is 25.1. The van der Waals surface area contributed by atoms with E-state index in [1.165, 1.54) is 12.1 Å². The molecule has 5 unspecified atom stereocenters. The van der Waals surface area contributed by atoms with Gasteiger partial charge in [-0.1, -0.05) is 36.4 Å². The quantitative estimate of drug-likeness (QED) is 0.405. The number of hydrogen-bond acceptors (Lipinski definition) is 6. The summed E-state index contributed by atoms with van der Waals surface area (Å²) in [4.78, 5) is 13.6. The number of rotatable bonds is 7. The number of carbonyl (C=O) groups is 1. The number of nitrogens with one attached hydrogen (secondary N) is 4. The van der Waals surface area contributed by atoms with Gasteiger partial charge in [0.2, 0.25) is 5.91 Å². The molecule has 36 heavy (non-hydrogen) atoms. The lowest BCUT2D eigenvalue weighted by Gasteiger charge is -2.40. The van der Waals surface area contributed by atoms with Gasteiger partial charge in [-0.05, 0) is 59.5 Å². The van der Waals surface area contributed by atoms with Crippen molar-refractivity contribution in [3.05, 3.63) is 95.3 Å². The minimum Gasteiger partial charge on any atom is -0.497 e. The molecular weight excluding hydrogens is 459 g/mol. The highest BCUT2D eigenvalue weighted by Gasteiger charge is 2.49. The number of halogens is 1. The van der Waals surface area contributed by atoms with Crippen LogP contribution in [-0.4, -0.2) is 26.3 Å². The van der Waals surface area contributed by atoms with E-state index < -0.39 is 0 Å². The van der Waals surface area contributed by atoms with Crippen LogP contribution in [0.2, 0.25) is 0 Å². The van der Waals surface area contributed by atoms with Gasteiger partial charge in [0, 0.05) is 24.4 Å². The van der Waals surface area contributed by atoms with Gasteiger partial charge >= 0.3 is 0 Å². The fraction of sp³-hybridized carbons (Fsp3) is 0.321. The van der Waals surface area contributed by atoms with E-state index in [-0.39, 0.29) is 41.8 Å². The fourth-order valence-corrected chi connectivity index (χ4v) is 5.27. The molecule has 8 heteroatoms. The Morgan fingerprint density at radius 1 is 0.889 bits per heavy atom. The van der Waals surface area contributed by atoms with Gasteiger partial charge in [-0.25, -0.2) is 15.2 Å². The number of piperidine rings is 1. The molecule has 2 aliphatic rings. The van der Waals surface area contributed by atoms with Gasteiger partial charge in [-0.3, -0.25) is 10.1 Å². The number of fused-ring (bicyclic) bond motifs is 1. The first-order valence-corrected chi connectivity index (χ1v) is 12.1. The number of hydrazine groups is 1. The molecule has 2 heterocycles. The summed E-state index contributed by atoms with van der Waals surface area (Å²) >= 11 is 0. The van der Waals surface area contributed by atoms with E-state index in [0.29, 0.717) is 13.0 Å². The maximum Gasteiger partial charge on any atom is 0.223 e. The van der Waals surface area contributed by atoms with Crippen LogP contribution in [0.1, 0.15) is 35.2 Å². The number of benzene rings is 3. The number of ether oxygens (including phenoxy) is 2. The van der Waals surface area contributed by atoms with Crippen molar-refractivity contribution in [2.45, 2.75) is 31.2 Å².